The SMILES string of the molecule is CC1(C)Oc2c(N3CCNCC3)cc(F)cc2N(Cc2ccccc2F)C1=O. The maximum Gasteiger partial charge on any atom is 0.271 e. The Kier molecular flexibility index (Phi) is 4.71. The monoisotopic (exact) mass is 387 g/mol. The van der Waals surface area contributed by atoms with Crippen LogP contribution >= 0.6 is 0 Å². The summed E-state index contributed by atoms with van der Waals surface area (Å²) < 4.78 is 34.8. The molecule has 28 heavy (non-hydrogen) atoms. The third kappa shape index (κ3) is 3.30. The van der Waals surface area contributed by atoms with E-state index in [9.17, 15) is 13.6 Å². The minimum atomic E-state index is -1.14. The zero-order valence-electron chi connectivity index (χ0n) is 16.0. The molecule has 1 saturated heterocycles. The highest BCUT2D eigenvalue weighted by Crippen LogP contribution is 2.46. The Labute approximate surface area is 162 Å². The van der Waals surface area contributed by atoms with Crippen LogP contribution < -0.4 is 19.9 Å². The molecule has 0 unspecified atom stereocenters. The Morgan fingerprint density at radius 3 is 2.50 bits per heavy atom. The van der Waals surface area contributed by atoms with E-state index in [1.807, 2.05) is 4.90 Å². The molecule has 0 radical (unpaired) electrons. The molecule has 2 aliphatic rings. The number of nitrogens with one attached hydrogen (secondary N) is 1. The second-order valence-electron chi connectivity index (χ2n) is 7.61. The van der Waals surface area contributed by atoms with Gasteiger partial charge in [0.25, 0.3) is 5.91 Å². The van der Waals surface area contributed by atoms with Crippen molar-refractivity contribution in [3.63, 3.8) is 0 Å². The fourth-order valence-electron chi connectivity index (χ4n) is 3.70. The van der Waals surface area contributed by atoms with Crippen molar-refractivity contribution < 1.29 is 18.3 Å². The molecule has 0 saturated carbocycles. The van der Waals surface area contributed by atoms with Crippen molar-refractivity contribution in [2.24, 2.45) is 0 Å². The van der Waals surface area contributed by atoms with Crippen LogP contribution in [0.3, 0.4) is 0 Å². The van der Waals surface area contributed by atoms with E-state index in [0.717, 1.165) is 13.1 Å². The molecule has 0 bridgehead atoms. The number of piperazine rings is 1. The second kappa shape index (κ2) is 7.05. The minimum absolute atomic E-state index is 0.00967. The van der Waals surface area contributed by atoms with Crippen LogP contribution in [0.5, 0.6) is 5.75 Å². The summed E-state index contributed by atoms with van der Waals surface area (Å²) >= 11 is 0. The summed E-state index contributed by atoms with van der Waals surface area (Å²) in [5, 5.41) is 3.27. The van der Waals surface area contributed by atoms with Gasteiger partial charge in [0.2, 0.25) is 0 Å². The summed E-state index contributed by atoms with van der Waals surface area (Å²) in [6.45, 7) is 6.35. The molecule has 2 heterocycles. The maximum atomic E-state index is 14.5. The minimum Gasteiger partial charge on any atom is -0.474 e. The Hall–Kier alpha value is -2.67. The highest BCUT2D eigenvalue weighted by atomic mass is 19.1. The van der Waals surface area contributed by atoms with Crippen molar-refractivity contribution in [2.45, 2.75) is 26.0 Å². The first-order valence-electron chi connectivity index (χ1n) is 9.40. The number of benzene rings is 2. The zero-order valence-corrected chi connectivity index (χ0v) is 16.0. The van der Waals surface area contributed by atoms with Crippen molar-refractivity contribution in [2.75, 3.05) is 36.0 Å². The summed E-state index contributed by atoms with van der Waals surface area (Å²) in [7, 11) is 0. The highest BCUT2D eigenvalue weighted by Gasteiger charge is 2.43. The van der Waals surface area contributed by atoms with E-state index >= 15 is 0 Å². The van der Waals surface area contributed by atoms with Crippen LogP contribution in [0, 0.1) is 11.6 Å². The number of amides is 1. The van der Waals surface area contributed by atoms with Gasteiger partial charge < -0.3 is 19.9 Å². The number of fused-ring (bicyclic) bond motifs is 1. The van der Waals surface area contributed by atoms with Crippen LogP contribution in [0.1, 0.15) is 19.4 Å². The number of hydrogen-bond acceptors (Lipinski definition) is 4. The smallest absolute Gasteiger partial charge is 0.271 e. The van der Waals surface area contributed by atoms with Gasteiger partial charge in [-0.3, -0.25) is 4.79 Å². The first kappa shape index (κ1) is 18.7. The highest BCUT2D eigenvalue weighted by molar-refractivity contribution is 6.03. The van der Waals surface area contributed by atoms with Crippen molar-refractivity contribution >= 4 is 17.3 Å². The number of ether oxygens (including phenoxy) is 1. The van der Waals surface area contributed by atoms with Gasteiger partial charge in [-0.05, 0) is 19.9 Å². The van der Waals surface area contributed by atoms with Crippen molar-refractivity contribution in [1.29, 1.82) is 0 Å². The topological polar surface area (TPSA) is 44.8 Å². The summed E-state index contributed by atoms with van der Waals surface area (Å²) in [5.41, 5.74) is 0.183. The average Bonchev–Trinajstić information content (AvgIpc) is 2.68. The maximum absolute atomic E-state index is 14.5. The summed E-state index contributed by atoms with van der Waals surface area (Å²) in [4.78, 5) is 16.5. The predicted molar refractivity (Wildman–Crippen MR) is 104 cm³/mol. The molecule has 0 spiro atoms. The molecule has 2 aliphatic heterocycles. The molecule has 2 aromatic rings. The normalized spacial score (nSPS) is 18.6. The lowest BCUT2D eigenvalue weighted by Crippen LogP contribution is -2.53. The third-order valence-electron chi connectivity index (χ3n) is 5.17. The van der Waals surface area contributed by atoms with Gasteiger partial charge in [-0.15, -0.1) is 0 Å². The predicted octanol–water partition coefficient (Wildman–Crippen LogP) is 3.08. The van der Waals surface area contributed by atoms with E-state index in [2.05, 4.69) is 5.32 Å². The number of halogens is 2. The van der Waals surface area contributed by atoms with Gasteiger partial charge in [-0.25, -0.2) is 8.78 Å². The van der Waals surface area contributed by atoms with Gasteiger partial charge in [-0.1, -0.05) is 18.2 Å². The Morgan fingerprint density at radius 2 is 1.79 bits per heavy atom. The van der Waals surface area contributed by atoms with Crippen molar-refractivity contribution in [3.8, 4) is 5.75 Å². The lowest BCUT2D eigenvalue weighted by molar-refractivity contribution is -0.132. The second-order valence-corrected chi connectivity index (χ2v) is 7.61. The number of carbonyl (C=O) groups excluding carboxylic acids is 1. The van der Waals surface area contributed by atoms with Crippen LogP contribution in [0.25, 0.3) is 0 Å². The third-order valence-corrected chi connectivity index (χ3v) is 5.17. The van der Waals surface area contributed by atoms with Gasteiger partial charge in [0.05, 0.1) is 17.9 Å². The quantitative estimate of drug-likeness (QED) is 0.879. The van der Waals surface area contributed by atoms with Crippen LogP contribution in [0.2, 0.25) is 0 Å². The molecule has 7 heteroatoms. The zero-order chi connectivity index (χ0) is 19.9. The molecule has 1 amide bonds. The summed E-state index contributed by atoms with van der Waals surface area (Å²) in [6.07, 6.45) is 0. The van der Waals surface area contributed by atoms with E-state index in [-0.39, 0.29) is 12.5 Å². The number of rotatable bonds is 3. The summed E-state index contributed by atoms with van der Waals surface area (Å²) in [5.74, 6) is -0.730. The van der Waals surface area contributed by atoms with Crippen LogP contribution in [-0.4, -0.2) is 37.7 Å². The Morgan fingerprint density at radius 1 is 1.11 bits per heavy atom. The van der Waals surface area contributed by atoms with Gasteiger partial charge in [0.1, 0.15) is 11.6 Å². The van der Waals surface area contributed by atoms with E-state index in [1.165, 1.54) is 23.1 Å². The molecule has 1 fully saturated rings. The van der Waals surface area contributed by atoms with Crippen LogP contribution in [0.4, 0.5) is 20.2 Å². The summed E-state index contributed by atoms with van der Waals surface area (Å²) in [6, 6.07) is 9.02. The van der Waals surface area contributed by atoms with Gasteiger partial charge >= 0.3 is 0 Å². The molecule has 0 atom stereocenters. The van der Waals surface area contributed by atoms with Crippen LogP contribution in [-0.2, 0) is 11.3 Å². The number of hydrogen-bond donors (Lipinski definition) is 1. The van der Waals surface area contributed by atoms with E-state index in [0.29, 0.717) is 35.8 Å². The van der Waals surface area contributed by atoms with Gasteiger partial charge in [0.15, 0.2) is 11.4 Å². The Balaban J connectivity index is 1.82. The van der Waals surface area contributed by atoms with Gasteiger partial charge in [-0.2, -0.15) is 0 Å². The molecular weight excluding hydrogens is 364 g/mol. The van der Waals surface area contributed by atoms with Gasteiger partial charge in [0, 0.05) is 43.9 Å². The molecule has 4 rings (SSSR count). The van der Waals surface area contributed by atoms with E-state index in [1.54, 1.807) is 32.0 Å². The van der Waals surface area contributed by atoms with Crippen molar-refractivity contribution in [1.82, 2.24) is 5.32 Å². The molecule has 5 nitrogen and oxygen atoms in total. The van der Waals surface area contributed by atoms with E-state index < -0.39 is 17.2 Å². The number of nitrogens with zero attached hydrogens (tertiary/aromatic N) is 2. The largest absolute Gasteiger partial charge is 0.474 e. The van der Waals surface area contributed by atoms with Crippen molar-refractivity contribution in [3.05, 3.63) is 53.6 Å². The standard InChI is InChI=1S/C21H23F2N3O2/c1-21(2)20(27)26(13-14-5-3-4-6-16(14)23)18-12-15(22)11-17(19(18)28-21)25-9-7-24-8-10-25/h3-6,11-12,24H,7-10,13H2,1-2H3. The fourth-order valence-corrected chi connectivity index (χ4v) is 3.70. The molecule has 0 aromatic heterocycles. The van der Waals surface area contributed by atoms with E-state index in [4.69, 9.17) is 4.74 Å². The molecule has 1 N–H and O–H groups in total. The fraction of sp³-hybridized carbons (Fsp3) is 0.381. The lowest BCUT2D eigenvalue weighted by Gasteiger charge is -2.41. The average molecular weight is 387 g/mol. The molecule has 2 aromatic carbocycles. The molecular formula is C21H23F2N3O2. The molecule has 148 valence electrons. The number of anilines is 2. The lowest BCUT2D eigenvalue weighted by atomic mass is 10.0. The number of carbonyl (C=O) groups is 1. The Bertz CT molecular complexity index is 911. The molecule has 0 aliphatic carbocycles. The first-order valence-corrected chi connectivity index (χ1v) is 9.40. The van der Waals surface area contributed by atoms with Crippen LogP contribution in [0.15, 0.2) is 36.4 Å². The first-order chi connectivity index (χ1) is 13.4.